The molecule has 0 bridgehead atoms. The Kier molecular flexibility index (Phi) is 5.70. The predicted octanol–water partition coefficient (Wildman–Crippen LogP) is 3.31. The Hall–Kier alpha value is -2.86. The molecule has 1 N–H and O–H groups in total. The molecule has 2 aromatic rings. The van der Waals surface area contributed by atoms with E-state index >= 15 is 0 Å². The minimum atomic E-state index is -1.89. The minimum Gasteiger partial charge on any atom is -0.497 e. The summed E-state index contributed by atoms with van der Waals surface area (Å²) in [5, 5.41) is 11.3. The van der Waals surface area contributed by atoms with Gasteiger partial charge in [-0.1, -0.05) is 31.5 Å². The van der Waals surface area contributed by atoms with Gasteiger partial charge in [-0.3, -0.25) is 9.59 Å². The molecule has 6 heteroatoms. The van der Waals surface area contributed by atoms with Gasteiger partial charge >= 0.3 is 0 Å². The van der Waals surface area contributed by atoms with Gasteiger partial charge < -0.3 is 19.5 Å². The van der Waals surface area contributed by atoms with E-state index in [0.29, 0.717) is 29.3 Å². The van der Waals surface area contributed by atoms with Crippen molar-refractivity contribution in [1.82, 2.24) is 0 Å². The molecule has 28 heavy (non-hydrogen) atoms. The third-order valence-electron chi connectivity index (χ3n) is 5.10. The number of ketones is 1. The fourth-order valence-electron chi connectivity index (χ4n) is 3.58. The highest BCUT2D eigenvalue weighted by Crippen LogP contribution is 2.43. The number of methoxy groups -OCH3 is 2. The largest absolute Gasteiger partial charge is 0.497 e. The first kappa shape index (κ1) is 19.9. The normalized spacial score (nSPS) is 18.1. The van der Waals surface area contributed by atoms with Gasteiger partial charge in [-0.25, -0.2) is 0 Å². The maximum Gasteiger partial charge on any atom is 0.264 e. The molecule has 3 rings (SSSR count). The maximum absolute atomic E-state index is 13.1. The van der Waals surface area contributed by atoms with Crippen LogP contribution in [0, 0.1) is 0 Å². The average molecular weight is 383 g/mol. The number of amides is 1. The molecule has 0 fully saturated rings. The molecule has 0 saturated carbocycles. The molecule has 1 atom stereocenters. The van der Waals surface area contributed by atoms with Crippen LogP contribution in [0.15, 0.2) is 42.5 Å². The van der Waals surface area contributed by atoms with Gasteiger partial charge in [-0.05, 0) is 30.7 Å². The Labute approximate surface area is 164 Å². The van der Waals surface area contributed by atoms with E-state index in [1.54, 1.807) is 41.3 Å². The molecule has 1 heterocycles. The number of nitrogens with zero attached hydrogens (tertiary/aromatic N) is 1. The second-order valence-corrected chi connectivity index (χ2v) is 6.85. The number of carbonyl (C=O) groups excluding carboxylic acids is 2. The van der Waals surface area contributed by atoms with Crippen LogP contribution in [0.25, 0.3) is 0 Å². The lowest BCUT2D eigenvalue weighted by molar-refractivity contribution is -0.135. The Balaban J connectivity index is 1.97. The number of benzene rings is 2. The van der Waals surface area contributed by atoms with Crippen molar-refractivity contribution in [2.24, 2.45) is 0 Å². The molecule has 6 nitrogen and oxygen atoms in total. The quantitative estimate of drug-likeness (QED) is 0.708. The fourth-order valence-corrected chi connectivity index (χ4v) is 3.58. The molecule has 0 saturated heterocycles. The van der Waals surface area contributed by atoms with Gasteiger partial charge in [-0.2, -0.15) is 0 Å². The first-order valence-corrected chi connectivity index (χ1v) is 9.35. The van der Waals surface area contributed by atoms with E-state index in [2.05, 4.69) is 0 Å². The van der Waals surface area contributed by atoms with Gasteiger partial charge in [0.1, 0.15) is 11.5 Å². The zero-order valence-electron chi connectivity index (χ0n) is 16.4. The van der Waals surface area contributed by atoms with E-state index in [1.807, 2.05) is 13.0 Å². The van der Waals surface area contributed by atoms with Gasteiger partial charge in [0.15, 0.2) is 11.4 Å². The van der Waals surface area contributed by atoms with Crippen LogP contribution >= 0.6 is 0 Å². The lowest BCUT2D eigenvalue weighted by atomic mass is 9.88. The van der Waals surface area contributed by atoms with Crippen molar-refractivity contribution >= 4 is 17.4 Å². The lowest BCUT2D eigenvalue weighted by Gasteiger charge is -2.23. The number of fused-ring (bicyclic) bond motifs is 1. The van der Waals surface area contributed by atoms with Gasteiger partial charge in [0.25, 0.3) is 5.91 Å². The summed E-state index contributed by atoms with van der Waals surface area (Å²) in [6, 6.07) is 12.0. The van der Waals surface area contributed by atoms with Gasteiger partial charge in [0.2, 0.25) is 0 Å². The number of unbranched alkanes of at least 4 members (excludes halogenated alkanes) is 1. The number of hydrogen-bond acceptors (Lipinski definition) is 5. The highest BCUT2D eigenvalue weighted by atomic mass is 16.5. The Morgan fingerprint density at radius 2 is 1.89 bits per heavy atom. The van der Waals surface area contributed by atoms with E-state index in [0.717, 1.165) is 12.8 Å². The summed E-state index contributed by atoms with van der Waals surface area (Å²) < 4.78 is 10.5. The van der Waals surface area contributed by atoms with Crippen LogP contribution < -0.4 is 14.4 Å². The Morgan fingerprint density at radius 3 is 2.57 bits per heavy atom. The summed E-state index contributed by atoms with van der Waals surface area (Å²) in [5.41, 5.74) is -0.497. The monoisotopic (exact) mass is 383 g/mol. The third kappa shape index (κ3) is 3.36. The van der Waals surface area contributed by atoms with Crippen LogP contribution in [-0.4, -0.2) is 37.6 Å². The molecular formula is C22H25NO5. The van der Waals surface area contributed by atoms with Gasteiger partial charge in [0, 0.05) is 12.1 Å². The highest BCUT2D eigenvalue weighted by Gasteiger charge is 2.50. The zero-order chi connectivity index (χ0) is 20.3. The fraction of sp³-hybridized carbons (Fsp3) is 0.364. The number of Topliss-reactive ketones (excluding diaryl/α,β-unsaturated/α-hetero) is 1. The Morgan fingerprint density at radius 1 is 1.14 bits per heavy atom. The molecule has 0 aromatic heterocycles. The second-order valence-electron chi connectivity index (χ2n) is 6.85. The summed E-state index contributed by atoms with van der Waals surface area (Å²) in [4.78, 5) is 27.7. The third-order valence-corrected chi connectivity index (χ3v) is 5.10. The van der Waals surface area contributed by atoms with Crippen LogP contribution in [0.5, 0.6) is 11.5 Å². The number of aliphatic hydroxyl groups is 1. The minimum absolute atomic E-state index is 0.271. The number of carbonyl (C=O) groups is 2. The summed E-state index contributed by atoms with van der Waals surface area (Å²) in [6.07, 6.45) is 1.37. The molecule has 1 aliphatic rings. The number of anilines is 1. The molecule has 0 spiro atoms. The second kappa shape index (κ2) is 8.02. The molecule has 0 aliphatic carbocycles. The number of ether oxygens (including phenoxy) is 2. The molecule has 0 unspecified atom stereocenters. The summed E-state index contributed by atoms with van der Waals surface area (Å²) in [5.74, 6) is 0.0194. The molecular weight excluding hydrogens is 358 g/mol. The van der Waals surface area contributed by atoms with Crippen molar-refractivity contribution in [3.63, 3.8) is 0 Å². The van der Waals surface area contributed by atoms with Crippen molar-refractivity contribution in [1.29, 1.82) is 0 Å². The number of hydrogen-bond donors (Lipinski definition) is 1. The molecule has 1 amide bonds. The zero-order valence-corrected chi connectivity index (χ0v) is 16.4. The van der Waals surface area contributed by atoms with E-state index in [1.165, 1.54) is 14.2 Å². The molecule has 2 aromatic carbocycles. The standard InChI is InChI=1S/C22H25NO5/c1-4-5-12-23-18-9-7-6-8-17(18)22(26,21(23)25)14-19(24)16-13-15(27-2)10-11-20(16)28-3/h6-11,13,26H,4-5,12,14H2,1-3H3/t22-/m0/s1. The van der Waals surface area contributed by atoms with Crippen LogP contribution in [0.4, 0.5) is 5.69 Å². The van der Waals surface area contributed by atoms with E-state index in [4.69, 9.17) is 9.47 Å². The number of rotatable bonds is 8. The first-order chi connectivity index (χ1) is 13.5. The number of para-hydroxylation sites is 1. The van der Waals surface area contributed by atoms with Crippen molar-refractivity contribution in [2.45, 2.75) is 31.8 Å². The van der Waals surface area contributed by atoms with E-state index in [-0.39, 0.29) is 12.0 Å². The predicted molar refractivity (Wildman–Crippen MR) is 106 cm³/mol. The van der Waals surface area contributed by atoms with Crippen LogP contribution in [0.3, 0.4) is 0 Å². The average Bonchev–Trinajstić information content (AvgIpc) is 2.93. The van der Waals surface area contributed by atoms with Gasteiger partial charge in [0.05, 0.1) is 31.9 Å². The topological polar surface area (TPSA) is 76.1 Å². The van der Waals surface area contributed by atoms with Crippen molar-refractivity contribution in [3.8, 4) is 11.5 Å². The first-order valence-electron chi connectivity index (χ1n) is 9.35. The Bertz CT molecular complexity index is 894. The summed E-state index contributed by atoms with van der Waals surface area (Å²) in [7, 11) is 2.97. The summed E-state index contributed by atoms with van der Waals surface area (Å²) >= 11 is 0. The molecule has 148 valence electrons. The van der Waals surface area contributed by atoms with Crippen LogP contribution in [0.2, 0.25) is 0 Å². The van der Waals surface area contributed by atoms with Crippen molar-refractivity contribution in [2.75, 3.05) is 25.7 Å². The smallest absolute Gasteiger partial charge is 0.264 e. The van der Waals surface area contributed by atoms with E-state index in [9.17, 15) is 14.7 Å². The lowest BCUT2D eigenvalue weighted by Crippen LogP contribution is -2.42. The van der Waals surface area contributed by atoms with E-state index < -0.39 is 17.3 Å². The van der Waals surface area contributed by atoms with Crippen LogP contribution in [0.1, 0.15) is 42.1 Å². The van der Waals surface area contributed by atoms with Crippen molar-refractivity contribution in [3.05, 3.63) is 53.6 Å². The molecule has 0 radical (unpaired) electrons. The highest BCUT2D eigenvalue weighted by molar-refractivity contribution is 6.11. The molecule has 1 aliphatic heterocycles. The maximum atomic E-state index is 13.1. The van der Waals surface area contributed by atoms with Crippen LogP contribution in [-0.2, 0) is 10.4 Å². The summed E-state index contributed by atoms with van der Waals surface area (Å²) in [6.45, 7) is 2.54. The SMILES string of the molecule is CCCCN1C(=O)[C@](O)(CC(=O)c2cc(OC)ccc2OC)c2ccccc21. The van der Waals surface area contributed by atoms with Crippen molar-refractivity contribution < 1.29 is 24.2 Å². The van der Waals surface area contributed by atoms with Gasteiger partial charge in [-0.15, -0.1) is 0 Å².